The van der Waals surface area contributed by atoms with Gasteiger partial charge in [0.05, 0.1) is 11.4 Å². The molecular formula is C15H15FN2O2. The molecule has 0 spiro atoms. The van der Waals surface area contributed by atoms with Crippen LogP contribution in [0.15, 0.2) is 30.4 Å². The third-order valence-electron chi connectivity index (χ3n) is 3.98. The predicted octanol–water partition coefficient (Wildman–Crippen LogP) is 2.85. The van der Waals surface area contributed by atoms with E-state index in [-0.39, 0.29) is 11.7 Å². The average Bonchev–Trinajstić information content (AvgIpc) is 2.78. The summed E-state index contributed by atoms with van der Waals surface area (Å²) in [6.45, 7) is 0. The highest BCUT2D eigenvalue weighted by Crippen LogP contribution is 2.35. The van der Waals surface area contributed by atoms with Gasteiger partial charge in [0.1, 0.15) is 11.3 Å². The fraction of sp³-hybridized carbons (Fsp3) is 0.333. The van der Waals surface area contributed by atoms with Gasteiger partial charge in [-0.05, 0) is 25.0 Å². The van der Waals surface area contributed by atoms with E-state index in [0.29, 0.717) is 29.7 Å². The third kappa shape index (κ3) is 1.90. The molecule has 1 aromatic heterocycles. The Kier molecular flexibility index (Phi) is 3.04. The Bertz CT molecular complexity index is 705. The maximum absolute atomic E-state index is 13.8. The van der Waals surface area contributed by atoms with Gasteiger partial charge in [-0.3, -0.25) is 4.79 Å². The number of imidazole rings is 1. The van der Waals surface area contributed by atoms with Crippen LogP contribution in [0.2, 0.25) is 0 Å². The number of benzene rings is 1. The number of nitrogens with zero attached hydrogens (tertiary/aromatic N) is 2. The van der Waals surface area contributed by atoms with Crippen molar-refractivity contribution in [3.63, 3.8) is 0 Å². The first-order chi connectivity index (χ1) is 9.59. The molecule has 3 rings (SSSR count). The number of aromatic nitrogens is 2. The first-order valence-corrected chi connectivity index (χ1v) is 6.58. The summed E-state index contributed by atoms with van der Waals surface area (Å²) in [4.78, 5) is 15.7. The molecule has 2 atom stereocenters. The molecule has 2 aromatic rings. The van der Waals surface area contributed by atoms with E-state index in [1.54, 1.807) is 23.7 Å². The van der Waals surface area contributed by atoms with Crippen LogP contribution in [-0.2, 0) is 11.8 Å². The molecule has 1 N–H and O–H groups in total. The summed E-state index contributed by atoms with van der Waals surface area (Å²) in [6.07, 6.45) is 4.97. The molecule has 1 aliphatic carbocycles. The smallest absolute Gasteiger partial charge is 0.307 e. The van der Waals surface area contributed by atoms with Gasteiger partial charge in [-0.2, -0.15) is 0 Å². The van der Waals surface area contributed by atoms with Crippen LogP contribution in [0.4, 0.5) is 4.39 Å². The second-order valence-electron chi connectivity index (χ2n) is 5.13. The number of hydrogen-bond donors (Lipinski definition) is 1. The average molecular weight is 274 g/mol. The van der Waals surface area contributed by atoms with Crippen molar-refractivity contribution < 1.29 is 14.3 Å². The summed E-state index contributed by atoms with van der Waals surface area (Å²) in [5.41, 5.74) is 1.00. The molecule has 1 aromatic carbocycles. The zero-order chi connectivity index (χ0) is 14.3. The second kappa shape index (κ2) is 4.74. The number of para-hydroxylation sites is 1. The second-order valence-corrected chi connectivity index (χ2v) is 5.13. The van der Waals surface area contributed by atoms with Crippen molar-refractivity contribution in [3.05, 3.63) is 42.0 Å². The summed E-state index contributed by atoms with van der Waals surface area (Å²) in [6, 6.07) is 4.80. The summed E-state index contributed by atoms with van der Waals surface area (Å²) < 4.78 is 15.6. The lowest BCUT2D eigenvalue weighted by atomic mass is 9.82. The number of carboxylic acids is 1. The normalized spacial score (nSPS) is 22.3. The van der Waals surface area contributed by atoms with Gasteiger partial charge in [-0.25, -0.2) is 9.37 Å². The number of aryl methyl sites for hydroxylation is 1. The Balaban J connectivity index is 2.14. The fourth-order valence-corrected chi connectivity index (χ4v) is 2.90. The van der Waals surface area contributed by atoms with E-state index in [4.69, 9.17) is 0 Å². The maximum Gasteiger partial charge on any atom is 0.307 e. The molecule has 20 heavy (non-hydrogen) atoms. The Morgan fingerprint density at radius 3 is 2.85 bits per heavy atom. The number of halogens is 1. The largest absolute Gasteiger partial charge is 0.481 e. The molecule has 5 heteroatoms. The van der Waals surface area contributed by atoms with Crippen LogP contribution in [-0.4, -0.2) is 20.6 Å². The molecule has 0 bridgehead atoms. The van der Waals surface area contributed by atoms with E-state index in [1.807, 2.05) is 12.2 Å². The summed E-state index contributed by atoms with van der Waals surface area (Å²) in [5.74, 6) is -1.27. The van der Waals surface area contributed by atoms with Gasteiger partial charge in [0.2, 0.25) is 0 Å². The van der Waals surface area contributed by atoms with E-state index in [1.165, 1.54) is 6.07 Å². The van der Waals surface area contributed by atoms with E-state index < -0.39 is 11.9 Å². The van der Waals surface area contributed by atoms with E-state index in [2.05, 4.69) is 4.98 Å². The number of carboxylic acid groups (broad SMARTS) is 1. The van der Waals surface area contributed by atoms with Crippen molar-refractivity contribution in [1.82, 2.24) is 9.55 Å². The predicted molar refractivity (Wildman–Crippen MR) is 72.9 cm³/mol. The van der Waals surface area contributed by atoms with Crippen molar-refractivity contribution in [3.8, 4) is 0 Å². The molecule has 104 valence electrons. The number of aliphatic carboxylic acids is 1. The van der Waals surface area contributed by atoms with Gasteiger partial charge in [-0.1, -0.05) is 18.2 Å². The van der Waals surface area contributed by atoms with Crippen molar-refractivity contribution in [2.45, 2.75) is 18.8 Å². The molecule has 1 aliphatic rings. The minimum atomic E-state index is -0.827. The van der Waals surface area contributed by atoms with Crippen molar-refractivity contribution >= 4 is 17.0 Å². The van der Waals surface area contributed by atoms with Crippen molar-refractivity contribution in [1.29, 1.82) is 0 Å². The Morgan fingerprint density at radius 1 is 1.40 bits per heavy atom. The van der Waals surface area contributed by atoms with Crippen LogP contribution in [0, 0.1) is 11.7 Å². The summed E-state index contributed by atoms with van der Waals surface area (Å²) >= 11 is 0. The quantitative estimate of drug-likeness (QED) is 0.857. The SMILES string of the molecule is Cn1c([C@@H]2CC=CC[C@@H]2C(=O)O)nc2c(F)cccc21. The van der Waals surface area contributed by atoms with Gasteiger partial charge >= 0.3 is 5.97 Å². The molecule has 4 nitrogen and oxygen atoms in total. The Hall–Kier alpha value is -2.17. The lowest BCUT2D eigenvalue weighted by Gasteiger charge is -2.24. The first kappa shape index (κ1) is 12.8. The molecule has 0 aliphatic heterocycles. The highest BCUT2D eigenvalue weighted by Gasteiger charge is 2.33. The zero-order valence-electron chi connectivity index (χ0n) is 11.1. The summed E-state index contributed by atoms with van der Waals surface area (Å²) in [5, 5.41) is 9.35. The van der Waals surface area contributed by atoms with Crippen molar-refractivity contribution in [2.75, 3.05) is 0 Å². The van der Waals surface area contributed by atoms with E-state index in [0.717, 1.165) is 0 Å². The highest BCUT2D eigenvalue weighted by atomic mass is 19.1. The van der Waals surface area contributed by atoms with Crippen LogP contribution >= 0.6 is 0 Å². The van der Waals surface area contributed by atoms with Crippen LogP contribution in [0.1, 0.15) is 24.6 Å². The topological polar surface area (TPSA) is 55.1 Å². The van der Waals surface area contributed by atoms with Crippen LogP contribution < -0.4 is 0 Å². The van der Waals surface area contributed by atoms with E-state index in [9.17, 15) is 14.3 Å². The van der Waals surface area contributed by atoms with Gasteiger partial charge in [0.25, 0.3) is 0 Å². The lowest BCUT2D eigenvalue weighted by Crippen LogP contribution is -2.25. The van der Waals surface area contributed by atoms with Crippen LogP contribution in [0.5, 0.6) is 0 Å². The number of hydrogen-bond acceptors (Lipinski definition) is 2. The molecule has 0 amide bonds. The van der Waals surface area contributed by atoms with Gasteiger partial charge < -0.3 is 9.67 Å². The monoisotopic (exact) mass is 274 g/mol. The number of fused-ring (bicyclic) bond motifs is 1. The third-order valence-corrected chi connectivity index (χ3v) is 3.98. The molecule has 0 unspecified atom stereocenters. The minimum absolute atomic E-state index is 0.214. The minimum Gasteiger partial charge on any atom is -0.481 e. The summed E-state index contributed by atoms with van der Waals surface area (Å²) in [7, 11) is 1.81. The molecule has 0 saturated carbocycles. The number of allylic oxidation sites excluding steroid dienone is 2. The Labute approximate surface area is 115 Å². The molecule has 1 heterocycles. The number of carbonyl (C=O) groups is 1. The zero-order valence-corrected chi connectivity index (χ0v) is 11.1. The first-order valence-electron chi connectivity index (χ1n) is 6.58. The lowest BCUT2D eigenvalue weighted by molar-refractivity contribution is -0.142. The maximum atomic E-state index is 13.8. The van der Waals surface area contributed by atoms with Crippen LogP contribution in [0.3, 0.4) is 0 Å². The van der Waals surface area contributed by atoms with Gasteiger partial charge in [0, 0.05) is 13.0 Å². The molecule has 0 radical (unpaired) electrons. The standard InChI is InChI=1S/C15H15FN2O2/c1-18-12-8-4-7-11(16)13(12)17-14(18)9-5-2-3-6-10(9)15(19)20/h2-4,7-10H,5-6H2,1H3,(H,19,20)/t9-,10+/m1/s1. The van der Waals surface area contributed by atoms with Gasteiger partial charge in [-0.15, -0.1) is 0 Å². The fourth-order valence-electron chi connectivity index (χ4n) is 2.90. The highest BCUT2D eigenvalue weighted by molar-refractivity contribution is 5.77. The molecule has 0 fully saturated rings. The molecular weight excluding hydrogens is 259 g/mol. The molecule has 0 saturated heterocycles. The van der Waals surface area contributed by atoms with Crippen LogP contribution in [0.25, 0.3) is 11.0 Å². The van der Waals surface area contributed by atoms with Crippen molar-refractivity contribution in [2.24, 2.45) is 13.0 Å². The van der Waals surface area contributed by atoms with Gasteiger partial charge in [0.15, 0.2) is 5.82 Å². The number of rotatable bonds is 2. The van der Waals surface area contributed by atoms with E-state index >= 15 is 0 Å². The Morgan fingerprint density at radius 2 is 2.15 bits per heavy atom.